The van der Waals surface area contributed by atoms with Crippen LogP contribution < -0.4 is 0 Å². The van der Waals surface area contributed by atoms with Crippen molar-refractivity contribution >= 4 is 17.7 Å². The van der Waals surface area contributed by atoms with Gasteiger partial charge in [-0.25, -0.2) is 4.79 Å². The second-order valence-electron chi connectivity index (χ2n) is 4.11. The highest BCUT2D eigenvalue weighted by Crippen LogP contribution is 2.15. The minimum absolute atomic E-state index is 0.221. The van der Waals surface area contributed by atoms with Gasteiger partial charge in [-0.05, 0) is 18.8 Å². The second kappa shape index (κ2) is 7.74. The molecule has 0 aromatic carbocycles. The summed E-state index contributed by atoms with van der Waals surface area (Å²) in [6.07, 6.45) is 2.04. The van der Waals surface area contributed by atoms with Crippen molar-refractivity contribution in [1.29, 1.82) is 0 Å². The molecule has 0 saturated carbocycles. The molecule has 1 rings (SSSR count). The largest absolute Gasteiger partial charge is 0.447 e. The molecule has 0 bridgehead atoms. The lowest BCUT2D eigenvalue weighted by Crippen LogP contribution is -2.39. The van der Waals surface area contributed by atoms with Crippen LogP contribution in [0.1, 0.15) is 19.8 Å². The first kappa shape index (κ1) is 13.6. The summed E-state index contributed by atoms with van der Waals surface area (Å²) >= 11 is 5.44. The Labute approximate surface area is 102 Å². The molecule has 5 heteroatoms. The maximum Gasteiger partial charge on any atom is 0.409 e. The highest BCUT2D eigenvalue weighted by atomic mass is 35.5. The number of carbonyl (C=O) groups excluding carboxylic acids is 1. The minimum atomic E-state index is -0.221. The van der Waals surface area contributed by atoms with Crippen LogP contribution in [0.15, 0.2) is 0 Å². The van der Waals surface area contributed by atoms with Crippen LogP contribution >= 0.6 is 11.6 Å². The van der Waals surface area contributed by atoms with Crippen LogP contribution in [0.4, 0.5) is 4.79 Å². The zero-order valence-electron chi connectivity index (χ0n) is 9.78. The maximum absolute atomic E-state index is 11.6. The van der Waals surface area contributed by atoms with Gasteiger partial charge in [0.25, 0.3) is 0 Å². The predicted octanol–water partition coefficient (Wildman–Crippen LogP) is 2.11. The number of alkyl halides is 1. The third kappa shape index (κ3) is 5.03. The molecule has 0 radical (unpaired) electrons. The first-order chi connectivity index (χ1) is 7.74. The summed E-state index contributed by atoms with van der Waals surface area (Å²) in [5.41, 5.74) is 0. The number of rotatable bonds is 5. The first-order valence-electron chi connectivity index (χ1n) is 5.79. The van der Waals surface area contributed by atoms with Crippen molar-refractivity contribution in [3.8, 4) is 0 Å². The van der Waals surface area contributed by atoms with E-state index < -0.39 is 0 Å². The number of likely N-dealkylation sites (tertiary alicyclic amines) is 1. The Hall–Kier alpha value is -0.480. The predicted molar refractivity (Wildman–Crippen MR) is 62.9 cm³/mol. The van der Waals surface area contributed by atoms with Crippen LogP contribution in [-0.4, -0.2) is 49.8 Å². The van der Waals surface area contributed by atoms with Crippen LogP contribution in [0, 0.1) is 5.92 Å². The van der Waals surface area contributed by atoms with Crippen molar-refractivity contribution in [1.82, 2.24) is 4.90 Å². The highest BCUT2D eigenvalue weighted by Gasteiger charge is 2.21. The summed E-state index contributed by atoms with van der Waals surface area (Å²) in [7, 11) is 0. The minimum Gasteiger partial charge on any atom is -0.447 e. The van der Waals surface area contributed by atoms with Gasteiger partial charge in [0.05, 0.1) is 13.2 Å². The van der Waals surface area contributed by atoms with Gasteiger partial charge in [0.2, 0.25) is 0 Å². The molecule has 1 unspecified atom stereocenters. The van der Waals surface area contributed by atoms with Gasteiger partial charge in [-0.15, -0.1) is 11.6 Å². The van der Waals surface area contributed by atoms with Crippen molar-refractivity contribution in [2.24, 2.45) is 5.92 Å². The third-order valence-corrected chi connectivity index (χ3v) is 2.74. The Morgan fingerprint density at radius 3 is 2.94 bits per heavy atom. The van der Waals surface area contributed by atoms with Crippen molar-refractivity contribution in [3.63, 3.8) is 0 Å². The lowest BCUT2D eigenvalue weighted by molar-refractivity contribution is 0.0519. The van der Waals surface area contributed by atoms with Crippen molar-refractivity contribution < 1.29 is 14.3 Å². The van der Waals surface area contributed by atoms with E-state index in [1.54, 1.807) is 4.90 Å². The van der Waals surface area contributed by atoms with E-state index in [0.29, 0.717) is 31.6 Å². The first-order valence-corrected chi connectivity index (χ1v) is 6.33. The molecule has 1 saturated heterocycles. The van der Waals surface area contributed by atoms with Gasteiger partial charge >= 0.3 is 6.09 Å². The van der Waals surface area contributed by atoms with Crippen molar-refractivity contribution in [2.75, 3.05) is 38.8 Å². The number of amides is 1. The molecule has 1 aliphatic rings. The average Bonchev–Trinajstić information content (AvgIpc) is 2.28. The van der Waals surface area contributed by atoms with Gasteiger partial charge in [0, 0.05) is 19.0 Å². The van der Waals surface area contributed by atoms with Crippen LogP contribution in [-0.2, 0) is 9.47 Å². The van der Waals surface area contributed by atoms with Crippen LogP contribution in [0.5, 0.6) is 0 Å². The molecular formula is C11H20ClNO3. The summed E-state index contributed by atoms with van der Waals surface area (Å²) in [6, 6.07) is 0. The number of carbonyl (C=O) groups is 1. The average molecular weight is 250 g/mol. The summed E-state index contributed by atoms with van der Waals surface area (Å²) in [4.78, 5) is 13.4. The van der Waals surface area contributed by atoms with E-state index in [2.05, 4.69) is 6.92 Å². The van der Waals surface area contributed by atoms with Crippen LogP contribution in [0.3, 0.4) is 0 Å². The fourth-order valence-electron chi connectivity index (χ4n) is 1.79. The summed E-state index contributed by atoms with van der Waals surface area (Å²) in [6.45, 7) is 5.00. The van der Waals surface area contributed by atoms with E-state index in [-0.39, 0.29) is 6.09 Å². The molecule has 1 aliphatic heterocycles. The molecule has 0 N–H and O–H groups in total. The zero-order chi connectivity index (χ0) is 11.8. The molecule has 94 valence electrons. The summed E-state index contributed by atoms with van der Waals surface area (Å²) < 4.78 is 10.2. The molecular weight excluding hydrogens is 230 g/mol. The molecule has 1 heterocycles. The Morgan fingerprint density at radius 1 is 1.44 bits per heavy atom. The zero-order valence-corrected chi connectivity index (χ0v) is 10.5. The molecule has 0 spiro atoms. The maximum atomic E-state index is 11.6. The van der Waals surface area contributed by atoms with Crippen LogP contribution in [0.25, 0.3) is 0 Å². The number of ether oxygens (including phenoxy) is 2. The van der Waals surface area contributed by atoms with Gasteiger partial charge < -0.3 is 14.4 Å². The van der Waals surface area contributed by atoms with Gasteiger partial charge in [-0.2, -0.15) is 0 Å². The van der Waals surface area contributed by atoms with Gasteiger partial charge in [-0.1, -0.05) is 6.92 Å². The number of nitrogens with zero attached hydrogens (tertiary/aromatic N) is 1. The van der Waals surface area contributed by atoms with E-state index in [1.165, 1.54) is 6.42 Å². The van der Waals surface area contributed by atoms with Gasteiger partial charge in [-0.3, -0.25) is 0 Å². The number of hydrogen-bond acceptors (Lipinski definition) is 3. The topological polar surface area (TPSA) is 38.8 Å². The monoisotopic (exact) mass is 249 g/mol. The standard InChI is InChI=1S/C11H20ClNO3/c1-10-3-2-5-13(9-10)11(14)16-8-7-15-6-4-12/h10H,2-9H2,1H3. The second-order valence-corrected chi connectivity index (χ2v) is 4.49. The van der Waals surface area contributed by atoms with E-state index in [1.807, 2.05) is 0 Å². The normalized spacial score (nSPS) is 20.9. The van der Waals surface area contributed by atoms with Crippen molar-refractivity contribution in [2.45, 2.75) is 19.8 Å². The molecule has 1 amide bonds. The molecule has 0 aromatic rings. The third-order valence-electron chi connectivity index (χ3n) is 2.59. The smallest absolute Gasteiger partial charge is 0.409 e. The van der Waals surface area contributed by atoms with E-state index >= 15 is 0 Å². The fraction of sp³-hybridized carbons (Fsp3) is 0.909. The van der Waals surface area contributed by atoms with E-state index in [0.717, 1.165) is 19.5 Å². The van der Waals surface area contributed by atoms with Gasteiger partial charge in [0.1, 0.15) is 6.61 Å². The Kier molecular flexibility index (Phi) is 6.57. The Morgan fingerprint density at radius 2 is 2.25 bits per heavy atom. The fourth-order valence-corrected chi connectivity index (χ4v) is 1.90. The van der Waals surface area contributed by atoms with Gasteiger partial charge in [0.15, 0.2) is 0 Å². The molecule has 0 aliphatic carbocycles. The molecule has 1 atom stereocenters. The van der Waals surface area contributed by atoms with Crippen LogP contribution in [0.2, 0.25) is 0 Å². The molecule has 16 heavy (non-hydrogen) atoms. The molecule has 4 nitrogen and oxygen atoms in total. The molecule has 1 fully saturated rings. The Balaban J connectivity index is 2.09. The van der Waals surface area contributed by atoms with E-state index in [4.69, 9.17) is 21.1 Å². The quantitative estimate of drug-likeness (QED) is 0.553. The number of piperidine rings is 1. The lowest BCUT2D eigenvalue weighted by Gasteiger charge is -2.30. The SMILES string of the molecule is CC1CCCN(C(=O)OCCOCCCl)C1. The number of hydrogen-bond donors (Lipinski definition) is 0. The lowest BCUT2D eigenvalue weighted by atomic mass is 10.0. The summed E-state index contributed by atoms with van der Waals surface area (Å²) in [5, 5.41) is 0. The summed E-state index contributed by atoms with van der Waals surface area (Å²) in [5.74, 6) is 1.05. The Bertz CT molecular complexity index is 213. The molecule has 0 aromatic heterocycles. The highest BCUT2D eigenvalue weighted by molar-refractivity contribution is 6.17. The number of halogens is 1. The van der Waals surface area contributed by atoms with Crippen molar-refractivity contribution in [3.05, 3.63) is 0 Å². The van der Waals surface area contributed by atoms with E-state index in [9.17, 15) is 4.79 Å².